The van der Waals surface area contributed by atoms with Gasteiger partial charge in [0.25, 0.3) is 5.69 Å². The number of benzene rings is 3. The minimum Gasteiger partial charge on any atom is -0.486 e. The molecule has 3 aromatic carbocycles. The fourth-order valence-corrected chi connectivity index (χ4v) is 4.38. The molecule has 0 saturated carbocycles. The van der Waals surface area contributed by atoms with Crippen molar-refractivity contribution in [3.8, 4) is 22.8 Å². The van der Waals surface area contributed by atoms with Crippen LogP contribution in [0.25, 0.3) is 11.3 Å². The van der Waals surface area contributed by atoms with Crippen LogP contribution in [0.5, 0.6) is 11.5 Å². The Kier molecular flexibility index (Phi) is 6.11. The van der Waals surface area contributed by atoms with Crippen molar-refractivity contribution in [2.75, 3.05) is 13.2 Å². The second-order valence-electron chi connectivity index (χ2n) is 7.65. The molecule has 0 N–H and O–H groups in total. The normalized spacial score (nSPS) is 13.7. The summed E-state index contributed by atoms with van der Waals surface area (Å²) in [5.41, 5.74) is 3.57. The highest BCUT2D eigenvalue weighted by molar-refractivity contribution is 7.07. The van der Waals surface area contributed by atoms with Crippen molar-refractivity contribution in [2.24, 2.45) is 10.1 Å². The number of rotatable bonds is 5. The van der Waals surface area contributed by atoms with E-state index in [1.54, 1.807) is 28.9 Å². The number of nitro benzene ring substituents is 1. The maximum absolute atomic E-state index is 13.4. The molecule has 35 heavy (non-hydrogen) atoms. The molecule has 0 unspecified atom stereocenters. The van der Waals surface area contributed by atoms with E-state index in [4.69, 9.17) is 14.6 Å². The minimum atomic E-state index is -0.440. The van der Waals surface area contributed by atoms with Gasteiger partial charge in [0, 0.05) is 28.6 Å². The zero-order valence-corrected chi connectivity index (χ0v) is 19.4. The monoisotopic (exact) mass is 490 g/mol. The Hall–Kier alpha value is -4.31. The highest BCUT2D eigenvalue weighted by atomic mass is 32.1. The number of nitrogens with zero attached hydrogens (tertiary/aromatic N) is 4. The summed E-state index contributed by atoms with van der Waals surface area (Å²) in [6.45, 7) is 2.87. The first-order valence-electron chi connectivity index (χ1n) is 10.7. The Morgan fingerprint density at radius 1 is 1.03 bits per heavy atom. The summed E-state index contributed by atoms with van der Waals surface area (Å²) in [6, 6.07) is 17.7. The number of halogens is 1. The Balaban J connectivity index is 1.62. The van der Waals surface area contributed by atoms with E-state index in [0.717, 1.165) is 11.1 Å². The molecule has 0 fully saturated rings. The number of nitro groups is 1. The van der Waals surface area contributed by atoms with Gasteiger partial charge in [0.15, 0.2) is 11.5 Å². The van der Waals surface area contributed by atoms with E-state index < -0.39 is 4.92 Å². The molecule has 0 spiro atoms. The van der Waals surface area contributed by atoms with Gasteiger partial charge < -0.3 is 9.47 Å². The molecule has 176 valence electrons. The van der Waals surface area contributed by atoms with Crippen LogP contribution >= 0.6 is 11.3 Å². The lowest BCUT2D eigenvalue weighted by molar-refractivity contribution is -0.384. The number of hydrogen-bond donors (Lipinski definition) is 0. The second kappa shape index (κ2) is 9.51. The van der Waals surface area contributed by atoms with Crippen LogP contribution in [0.15, 0.2) is 82.2 Å². The van der Waals surface area contributed by atoms with Crippen LogP contribution in [-0.4, -0.2) is 28.5 Å². The first-order chi connectivity index (χ1) is 17.0. The van der Waals surface area contributed by atoms with Crippen LogP contribution in [0.1, 0.15) is 12.5 Å². The summed E-state index contributed by atoms with van der Waals surface area (Å²) in [6.07, 6.45) is 0. The molecule has 0 bridgehead atoms. The maximum atomic E-state index is 13.4. The summed E-state index contributed by atoms with van der Waals surface area (Å²) in [7, 11) is 0. The predicted octanol–water partition coefficient (Wildman–Crippen LogP) is 5.54. The number of ether oxygens (including phenoxy) is 2. The average molecular weight is 491 g/mol. The number of non-ortho nitro benzene ring substituents is 1. The van der Waals surface area contributed by atoms with Gasteiger partial charge in [0.05, 0.1) is 22.0 Å². The van der Waals surface area contributed by atoms with Gasteiger partial charge in [-0.15, -0.1) is 11.3 Å². The van der Waals surface area contributed by atoms with Crippen molar-refractivity contribution in [3.05, 3.63) is 98.4 Å². The number of hydrogen-bond acceptors (Lipinski definition) is 7. The largest absolute Gasteiger partial charge is 0.486 e. The molecule has 0 atom stereocenters. The van der Waals surface area contributed by atoms with Crippen molar-refractivity contribution in [2.45, 2.75) is 6.92 Å². The summed E-state index contributed by atoms with van der Waals surface area (Å²) in [4.78, 5) is 15.8. The van der Waals surface area contributed by atoms with Crippen LogP contribution < -0.4 is 14.3 Å². The van der Waals surface area contributed by atoms with Gasteiger partial charge >= 0.3 is 0 Å². The molecule has 0 saturated heterocycles. The zero-order chi connectivity index (χ0) is 24.4. The highest BCUT2D eigenvalue weighted by Gasteiger charge is 2.15. The first-order valence-corrected chi connectivity index (χ1v) is 11.6. The SMILES string of the molecule is CC(=Nn1c(-c2ccc([N+](=O)[O-])cc2)csc1=Nc1ccc(F)cc1)c1ccc2c(c1)OCCO2. The van der Waals surface area contributed by atoms with Gasteiger partial charge in [-0.05, 0) is 61.5 Å². The molecule has 1 aliphatic rings. The van der Waals surface area contributed by atoms with E-state index in [2.05, 4.69) is 4.99 Å². The first kappa shape index (κ1) is 22.5. The van der Waals surface area contributed by atoms with E-state index in [0.29, 0.717) is 46.6 Å². The third-order valence-electron chi connectivity index (χ3n) is 5.32. The van der Waals surface area contributed by atoms with E-state index in [-0.39, 0.29) is 11.5 Å². The molecule has 0 amide bonds. The molecule has 4 aromatic rings. The van der Waals surface area contributed by atoms with E-state index in [1.807, 2.05) is 30.5 Å². The smallest absolute Gasteiger partial charge is 0.269 e. The fourth-order valence-electron chi connectivity index (χ4n) is 3.53. The van der Waals surface area contributed by atoms with Gasteiger partial charge in [-0.3, -0.25) is 10.1 Å². The second-order valence-corrected chi connectivity index (χ2v) is 8.49. The summed E-state index contributed by atoms with van der Waals surface area (Å²) < 4.78 is 26.3. The van der Waals surface area contributed by atoms with Crippen LogP contribution in [0.2, 0.25) is 0 Å². The van der Waals surface area contributed by atoms with Gasteiger partial charge in [-0.1, -0.05) is 0 Å². The maximum Gasteiger partial charge on any atom is 0.269 e. The van der Waals surface area contributed by atoms with Crippen LogP contribution in [-0.2, 0) is 0 Å². The standard InChI is InChI=1S/C25H19FN4O4S/c1-16(18-4-11-23-24(14-18)34-13-12-33-23)28-29-22(17-2-9-21(10-3-17)30(31)32)15-35-25(29)27-20-7-5-19(26)6-8-20/h2-11,14-15H,12-13H2,1H3. The Morgan fingerprint density at radius 3 is 2.46 bits per heavy atom. The van der Waals surface area contributed by atoms with E-state index in [1.165, 1.54) is 35.6 Å². The molecule has 1 aliphatic heterocycles. The van der Waals surface area contributed by atoms with Crippen molar-refractivity contribution in [3.63, 3.8) is 0 Å². The fraction of sp³-hybridized carbons (Fsp3) is 0.120. The van der Waals surface area contributed by atoms with Gasteiger partial charge in [0.2, 0.25) is 4.80 Å². The van der Waals surface area contributed by atoms with Crippen molar-refractivity contribution < 1.29 is 18.8 Å². The molecule has 10 heteroatoms. The molecule has 5 rings (SSSR count). The third-order valence-corrected chi connectivity index (χ3v) is 6.14. The number of aromatic nitrogens is 1. The van der Waals surface area contributed by atoms with Crippen molar-refractivity contribution >= 4 is 28.4 Å². The summed E-state index contributed by atoms with van der Waals surface area (Å²) in [5.74, 6) is 1.00. The minimum absolute atomic E-state index is 0.00251. The van der Waals surface area contributed by atoms with Crippen LogP contribution in [0.3, 0.4) is 0 Å². The Morgan fingerprint density at radius 2 is 1.74 bits per heavy atom. The van der Waals surface area contributed by atoms with E-state index >= 15 is 0 Å². The topological polar surface area (TPSA) is 91.2 Å². The van der Waals surface area contributed by atoms with Gasteiger partial charge in [-0.25, -0.2) is 14.1 Å². The summed E-state index contributed by atoms with van der Waals surface area (Å²) >= 11 is 1.36. The Labute approximate surface area is 203 Å². The zero-order valence-electron chi connectivity index (χ0n) is 18.6. The lowest BCUT2D eigenvalue weighted by Crippen LogP contribution is -2.16. The lowest BCUT2D eigenvalue weighted by atomic mass is 10.1. The van der Waals surface area contributed by atoms with E-state index in [9.17, 15) is 14.5 Å². The third kappa shape index (κ3) is 4.82. The van der Waals surface area contributed by atoms with Crippen LogP contribution in [0, 0.1) is 15.9 Å². The quantitative estimate of drug-likeness (QED) is 0.209. The predicted molar refractivity (Wildman–Crippen MR) is 131 cm³/mol. The number of fused-ring (bicyclic) bond motifs is 1. The molecular weight excluding hydrogens is 471 g/mol. The van der Waals surface area contributed by atoms with Crippen molar-refractivity contribution in [1.82, 2.24) is 4.68 Å². The Bertz CT molecular complexity index is 1490. The van der Waals surface area contributed by atoms with Crippen molar-refractivity contribution in [1.29, 1.82) is 0 Å². The molecule has 0 radical (unpaired) electrons. The van der Waals surface area contributed by atoms with Gasteiger partial charge in [0.1, 0.15) is 19.0 Å². The molecular formula is C25H19FN4O4S. The van der Waals surface area contributed by atoms with Crippen LogP contribution in [0.4, 0.5) is 15.8 Å². The molecule has 1 aromatic heterocycles. The summed E-state index contributed by atoms with van der Waals surface area (Å²) in [5, 5.41) is 17.8. The molecule has 8 nitrogen and oxygen atoms in total. The average Bonchev–Trinajstić information content (AvgIpc) is 3.26. The highest BCUT2D eigenvalue weighted by Crippen LogP contribution is 2.31. The molecule has 2 heterocycles. The van der Waals surface area contributed by atoms with Gasteiger partial charge in [-0.2, -0.15) is 5.10 Å². The number of thiazole rings is 1. The molecule has 0 aliphatic carbocycles. The lowest BCUT2D eigenvalue weighted by Gasteiger charge is -2.18.